The van der Waals surface area contributed by atoms with Gasteiger partial charge in [0.2, 0.25) is 0 Å². The number of thiophene rings is 1. The normalized spacial score (nSPS) is 14.9. The number of hydrogen-bond acceptors (Lipinski definition) is 3. The van der Waals surface area contributed by atoms with E-state index >= 15 is 0 Å². The summed E-state index contributed by atoms with van der Waals surface area (Å²) in [6.45, 7) is 0.971. The molecule has 72 valence electrons. The second-order valence-corrected chi connectivity index (χ2v) is 4.46. The lowest BCUT2D eigenvalue weighted by Crippen LogP contribution is -1.94. The predicted molar refractivity (Wildman–Crippen MR) is 52.9 cm³/mol. The molecular formula is C9H8N2O2S. The highest BCUT2D eigenvalue weighted by molar-refractivity contribution is 7.20. The van der Waals surface area contributed by atoms with Crippen LogP contribution in [-0.2, 0) is 13.0 Å². The van der Waals surface area contributed by atoms with Gasteiger partial charge in [-0.3, -0.25) is 4.68 Å². The van der Waals surface area contributed by atoms with Crippen molar-refractivity contribution in [3.05, 3.63) is 16.6 Å². The Balaban J connectivity index is 2.26. The third-order valence-electron chi connectivity index (χ3n) is 2.51. The van der Waals surface area contributed by atoms with Gasteiger partial charge < -0.3 is 5.11 Å². The molecule has 0 atom stereocenters. The van der Waals surface area contributed by atoms with Crippen LogP contribution in [0.5, 0.6) is 0 Å². The number of hydrogen-bond donors (Lipinski definition) is 1. The van der Waals surface area contributed by atoms with E-state index < -0.39 is 5.97 Å². The molecule has 0 radical (unpaired) electrons. The molecule has 3 rings (SSSR count). The van der Waals surface area contributed by atoms with E-state index in [0.29, 0.717) is 4.88 Å². The summed E-state index contributed by atoms with van der Waals surface area (Å²) in [6.07, 6.45) is 2.15. The van der Waals surface area contributed by atoms with Crippen LogP contribution in [0, 0.1) is 0 Å². The summed E-state index contributed by atoms with van der Waals surface area (Å²) in [5.41, 5.74) is 2.04. The van der Waals surface area contributed by atoms with Gasteiger partial charge in [0, 0.05) is 6.54 Å². The van der Waals surface area contributed by atoms with Crippen LogP contribution in [0.1, 0.15) is 21.8 Å². The molecule has 1 aliphatic rings. The van der Waals surface area contributed by atoms with Crippen LogP contribution in [0.25, 0.3) is 10.2 Å². The van der Waals surface area contributed by atoms with E-state index in [4.69, 9.17) is 5.11 Å². The highest BCUT2D eigenvalue weighted by Crippen LogP contribution is 2.31. The minimum Gasteiger partial charge on any atom is -0.477 e. The van der Waals surface area contributed by atoms with Crippen LogP contribution in [0.15, 0.2) is 6.07 Å². The van der Waals surface area contributed by atoms with Gasteiger partial charge in [-0.25, -0.2) is 4.79 Å². The summed E-state index contributed by atoms with van der Waals surface area (Å²) in [4.78, 5) is 11.1. The monoisotopic (exact) mass is 208 g/mol. The number of aryl methyl sites for hydroxylation is 2. The molecule has 5 heteroatoms. The molecule has 2 aromatic heterocycles. The van der Waals surface area contributed by atoms with Crippen molar-refractivity contribution in [3.8, 4) is 0 Å². The van der Waals surface area contributed by atoms with Gasteiger partial charge in [-0.1, -0.05) is 0 Å². The summed E-state index contributed by atoms with van der Waals surface area (Å²) < 4.78 is 3.05. The first-order valence-electron chi connectivity index (χ1n) is 4.48. The van der Waals surface area contributed by atoms with Gasteiger partial charge in [0.05, 0.1) is 10.4 Å². The van der Waals surface area contributed by atoms with Crippen molar-refractivity contribution >= 4 is 27.5 Å². The van der Waals surface area contributed by atoms with Crippen molar-refractivity contribution in [2.75, 3.05) is 0 Å². The molecule has 4 nitrogen and oxygen atoms in total. The topological polar surface area (TPSA) is 55.1 Å². The highest BCUT2D eigenvalue weighted by Gasteiger charge is 2.20. The first kappa shape index (κ1) is 7.99. The largest absolute Gasteiger partial charge is 0.477 e. The Hall–Kier alpha value is -1.36. The van der Waals surface area contributed by atoms with Crippen molar-refractivity contribution in [3.63, 3.8) is 0 Å². The zero-order valence-electron chi connectivity index (χ0n) is 7.36. The molecule has 14 heavy (non-hydrogen) atoms. The van der Waals surface area contributed by atoms with Crippen molar-refractivity contribution in [1.82, 2.24) is 9.78 Å². The Kier molecular flexibility index (Phi) is 1.47. The number of nitrogens with zero attached hydrogens (tertiary/aromatic N) is 2. The number of rotatable bonds is 1. The summed E-state index contributed by atoms with van der Waals surface area (Å²) >= 11 is 1.33. The average Bonchev–Trinajstić information content (AvgIpc) is 2.70. The SMILES string of the molecule is O=C(O)c1cc2nn3c(c2s1)CCC3. The molecule has 1 N–H and O–H groups in total. The van der Waals surface area contributed by atoms with Crippen molar-refractivity contribution in [2.45, 2.75) is 19.4 Å². The minimum absolute atomic E-state index is 0.387. The minimum atomic E-state index is -0.857. The molecular weight excluding hydrogens is 200 g/mol. The lowest BCUT2D eigenvalue weighted by atomic mass is 10.3. The molecule has 0 spiro atoms. The van der Waals surface area contributed by atoms with Crippen LogP contribution in [-0.4, -0.2) is 20.9 Å². The summed E-state index contributed by atoms with van der Waals surface area (Å²) in [6, 6.07) is 1.66. The van der Waals surface area contributed by atoms with Gasteiger partial charge in [-0.15, -0.1) is 11.3 Å². The van der Waals surface area contributed by atoms with Crippen LogP contribution in [0.2, 0.25) is 0 Å². The maximum Gasteiger partial charge on any atom is 0.345 e. The second-order valence-electron chi connectivity index (χ2n) is 3.40. The first-order chi connectivity index (χ1) is 6.75. The average molecular weight is 208 g/mol. The van der Waals surface area contributed by atoms with E-state index in [2.05, 4.69) is 5.10 Å². The highest BCUT2D eigenvalue weighted by atomic mass is 32.1. The third-order valence-corrected chi connectivity index (χ3v) is 3.67. The van der Waals surface area contributed by atoms with Crippen LogP contribution in [0.4, 0.5) is 0 Å². The maximum atomic E-state index is 10.7. The molecule has 0 saturated carbocycles. The van der Waals surface area contributed by atoms with Gasteiger partial charge >= 0.3 is 5.97 Å². The fraction of sp³-hybridized carbons (Fsp3) is 0.333. The molecule has 0 aliphatic carbocycles. The Morgan fingerprint density at radius 2 is 2.50 bits per heavy atom. The fourth-order valence-electron chi connectivity index (χ4n) is 1.90. The lowest BCUT2D eigenvalue weighted by Gasteiger charge is -1.90. The molecule has 0 amide bonds. The zero-order valence-corrected chi connectivity index (χ0v) is 8.17. The van der Waals surface area contributed by atoms with Gasteiger partial charge in [-0.05, 0) is 18.9 Å². The van der Waals surface area contributed by atoms with E-state index in [1.54, 1.807) is 6.07 Å². The molecule has 1 aliphatic heterocycles. The van der Waals surface area contributed by atoms with E-state index in [1.165, 1.54) is 17.0 Å². The fourth-order valence-corrected chi connectivity index (χ4v) is 2.91. The number of carboxylic acids is 1. The van der Waals surface area contributed by atoms with Crippen molar-refractivity contribution in [2.24, 2.45) is 0 Å². The van der Waals surface area contributed by atoms with Crippen molar-refractivity contribution in [1.29, 1.82) is 0 Å². The van der Waals surface area contributed by atoms with E-state index in [9.17, 15) is 4.79 Å². The molecule has 0 unspecified atom stereocenters. The molecule has 0 fully saturated rings. The van der Waals surface area contributed by atoms with Gasteiger partial charge in [0.1, 0.15) is 10.4 Å². The summed E-state index contributed by atoms with van der Waals surface area (Å²) in [7, 11) is 0. The first-order valence-corrected chi connectivity index (χ1v) is 5.30. The lowest BCUT2D eigenvalue weighted by molar-refractivity contribution is 0.0702. The second kappa shape index (κ2) is 2.57. The smallest absolute Gasteiger partial charge is 0.345 e. The molecule has 0 bridgehead atoms. The van der Waals surface area contributed by atoms with Crippen LogP contribution >= 0.6 is 11.3 Å². The standard InChI is InChI=1S/C9H8N2O2S/c12-9(13)7-4-5-8(14-7)6-2-1-3-11(6)10-5/h4H,1-3H2,(H,12,13). The number of carboxylic acid groups (broad SMARTS) is 1. The van der Waals surface area contributed by atoms with E-state index in [0.717, 1.165) is 29.6 Å². The maximum absolute atomic E-state index is 10.7. The Morgan fingerprint density at radius 1 is 1.64 bits per heavy atom. The molecule has 0 aromatic carbocycles. The van der Waals surface area contributed by atoms with E-state index in [-0.39, 0.29) is 0 Å². The molecule has 2 aromatic rings. The van der Waals surface area contributed by atoms with E-state index in [1.807, 2.05) is 4.68 Å². The molecule has 0 saturated heterocycles. The van der Waals surface area contributed by atoms with Gasteiger partial charge in [0.15, 0.2) is 0 Å². The number of aromatic nitrogens is 2. The van der Waals surface area contributed by atoms with Crippen LogP contribution < -0.4 is 0 Å². The zero-order chi connectivity index (χ0) is 9.71. The third kappa shape index (κ3) is 0.928. The van der Waals surface area contributed by atoms with Gasteiger partial charge in [-0.2, -0.15) is 5.10 Å². The Bertz CT molecular complexity index is 526. The number of carbonyl (C=O) groups is 1. The molecule has 3 heterocycles. The number of fused-ring (bicyclic) bond motifs is 3. The van der Waals surface area contributed by atoms with Crippen LogP contribution in [0.3, 0.4) is 0 Å². The van der Waals surface area contributed by atoms with Crippen molar-refractivity contribution < 1.29 is 9.90 Å². The van der Waals surface area contributed by atoms with Gasteiger partial charge in [0.25, 0.3) is 0 Å². The Labute approximate surface area is 83.8 Å². The summed E-state index contributed by atoms with van der Waals surface area (Å²) in [5.74, 6) is -0.857. The number of aromatic carboxylic acids is 1. The Morgan fingerprint density at radius 3 is 3.29 bits per heavy atom. The predicted octanol–water partition coefficient (Wildman–Crippen LogP) is 1.74. The summed E-state index contributed by atoms with van der Waals surface area (Å²) in [5, 5.41) is 13.2. The quantitative estimate of drug-likeness (QED) is 0.776.